The molecule has 0 amide bonds. The molecular weight excluding hydrogens is 213 g/mol. The molecule has 1 aromatic carbocycles. The minimum atomic E-state index is -1.09. The van der Waals surface area contributed by atoms with Gasteiger partial charge in [-0.05, 0) is 37.1 Å². The highest BCUT2D eigenvalue weighted by Gasteiger charge is 2.29. The predicted molar refractivity (Wildman–Crippen MR) is 58.4 cm³/mol. The van der Waals surface area contributed by atoms with Crippen molar-refractivity contribution in [3.63, 3.8) is 0 Å². The van der Waals surface area contributed by atoms with E-state index in [-0.39, 0.29) is 17.1 Å². The van der Waals surface area contributed by atoms with Crippen LogP contribution in [0.25, 0.3) is 0 Å². The van der Waals surface area contributed by atoms with Crippen LogP contribution in [-0.4, -0.2) is 15.5 Å². The van der Waals surface area contributed by atoms with Gasteiger partial charge in [-0.15, -0.1) is 0 Å². The highest BCUT2D eigenvalue weighted by Crippen LogP contribution is 2.26. The summed E-state index contributed by atoms with van der Waals surface area (Å²) >= 11 is 0. The summed E-state index contributed by atoms with van der Waals surface area (Å²) < 4.78 is 24.8. The molecular formula is C11H14FNOS. The smallest absolute Gasteiger partial charge is 0.123 e. The van der Waals surface area contributed by atoms with Crippen molar-refractivity contribution in [3.05, 3.63) is 30.1 Å². The Morgan fingerprint density at radius 2 is 1.93 bits per heavy atom. The third kappa shape index (κ3) is 2.26. The fourth-order valence-corrected chi connectivity index (χ4v) is 3.55. The van der Waals surface area contributed by atoms with Crippen LogP contribution in [0.3, 0.4) is 0 Å². The van der Waals surface area contributed by atoms with E-state index in [2.05, 4.69) is 0 Å². The second-order valence-corrected chi connectivity index (χ2v) is 5.56. The molecule has 0 aliphatic heterocycles. The molecule has 1 fully saturated rings. The van der Waals surface area contributed by atoms with E-state index >= 15 is 0 Å². The van der Waals surface area contributed by atoms with Gasteiger partial charge in [0.05, 0.1) is 16.0 Å². The third-order valence-electron chi connectivity index (χ3n) is 2.82. The van der Waals surface area contributed by atoms with Gasteiger partial charge in [0.25, 0.3) is 0 Å². The normalized spacial score (nSPS) is 27.9. The minimum Gasteiger partial charge on any atom is -0.327 e. The Morgan fingerprint density at radius 1 is 1.27 bits per heavy atom. The van der Waals surface area contributed by atoms with E-state index in [1.807, 2.05) is 0 Å². The zero-order valence-electron chi connectivity index (χ0n) is 8.36. The van der Waals surface area contributed by atoms with E-state index in [0.29, 0.717) is 4.90 Å². The zero-order chi connectivity index (χ0) is 10.8. The molecule has 1 aromatic rings. The fourth-order valence-electron chi connectivity index (χ4n) is 1.96. The first kappa shape index (κ1) is 10.8. The topological polar surface area (TPSA) is 43.1 Å². The Kier molecular flexibility index (Phi) is 3.17. The van der Waals surface area contributed by atoms with Gasteiger partial charge in [0.1, 0.15) is 5.82 Å². The van der Waals surface area contributed by atoms with Gasteiger partial charge in [0.15, 0.2) is 0 Å². The Bertz CT molecular complexity index is 365. The van der Waals surface area contributed by atoms with Crippen molar-refractivity contribution < 1.29 is 8.60 Å². The van der Waals surface area contributed by atoms with Crippen molar-refractivity contribution in [3.8, 4) is 0 Å². The fraction of sp³-hybridized carbons (Fsp3) is 0.455. The van der Waals surface area contributed by atoms with Crippen molar-refractivity contribution >= 4 is 10.8 Å². The van der Waals surface area contributed by atoms with Gasteiger partial charge in [-0.25, -0.2) is 4.39 Å². The lowest BCUT2D eigenvalue weighted by Gasteiger charge is -2.14. The van der Waals surface area contributed by atoms with Gasteiger partial charge in [-0.1, -0.05) is 6.42 Å². The number of hydrogen-bond acceptors (Lipinski definition) is 2. The summed E-state index contributed by atoms with van der Waals surface area (Å²) in [7, 11) is -1.09. The molecule has 4 heteroatoms. The van der Waals surface area contributed by atoms with E-state index in [1.54, 1.807) is 12.1 Å². The van der Waals surface area contributed by atoms with E-state index in [4.69, 9.17) is 5.73 Å². The molecule has 1 aliphatic rings. The monoisotopic (exact) mass is 227 g/mol. The van der Waals surface area contributed by atoms with Crippen LogP contribution in [0.4, 0.5) is 4.39 Å². The number of hydrogen-bond donors (Lipinski definition) is 1. The first-order valence-corrected chi connectivity index (χ1v) is 6.31. The summed E-state index contributed by atoms with van der Waals surface area (Å²) in [4.78, 5) is 0.679. The third-order valence-corrected chi connectivity index (χ3v) is 4.70. The predicted octanol–water partition coefficient (Wildman–Crippen LogP) is 1.81. The second kappa shape index (κ2) is 4.41. The van der Waals surface area contributed by atoms with Gasteiger partial charge in [-0.2, -0.15) is 0 Å². The van der Waals surface area contributed by atoms with Crippen LogP contribution < -0.4 is 5.73 Å². The largest absolute Gasteiger partial charge is 0.327 e. The number of halogens is 1. The summed E-state index contributed by atoms with van der Waals surface area (Å²) in [5.41, 5.74) is 5.88. The molecule has 0 heterocycles. The molecule has 2 nitrogen and oxygen atoms in total. The summed E-state index contributed by atoms with van der Waals surface area (Å²) in [5, 5.41) is 0.0375. The first-order chi connectivity index (χ1) is 7.18. The Labute approximate surface area is 91.1 Å². The molecule has 1 saturated carbocycles. The molecule has 0 bridgehead atoms. The van der Waals surface area contributed by atoms with Crippen LogP contribution in [0.15, 0.2) is 29.2 Å². The van der Waals surface area contributed by atoms with Crippen molar-refractivity contribution in [1.82, 2.24) is 0 Å². The number of benzene rings is 1. The summed E-state index contributed by atoms with van der Waals surface area (Å²) in [6.45, 7) is 0. The van der Waals surface area contributed by atoms with E-state index < -0.39 is 10.8 Å². The standard InChI is InChI=1S/C11H14FNOS/c12-8-4-6-9(7-5-8)15(14)11-3-1-2-10(11)13/h4-7,10-11H,1-3,13H2. The van der Waals surface area contributed by atoms with Crippen LogP contribution in [0.5, 0.6) is 0 Å². The lowest BCUT2D eigenvalue weighted by Crippen LogP contribution is -2.32. The maximum Gasteiger partial charge on any atom is 0.123 e. The summed E-state index contributed by atoms with van der Waals surface area (Å²) in [5.74, 6) is -0.300. The van der Waals surface area contributed by atoms with Gasteiger partial charge in [-0.3, -0.25) is 4.21 Å². The van der Waals surface area contributed by atoms with E-state index in [0.717, 1.165) is 19.3 Å². The summed E-state index contributed by atoms with van der Waals surface area (Å²) in [6.07, 6.45) is 2.89. The maximum atomic E-state index is 12.7. The van der Waals surface area contributed by atoms with E-state index in [9.17, 15) is 8.60 Å². The maximum absolute atomic E-state index is 12.7. The Morgan fingerprint density at radius 3 is 2.47 bits per heavy atom. The van der Waals surface area contributed by atoms with Gasteiger partial charge < -0.3 is 5.73 Å². The SMILES string of the molecule is NC1CCCC1S(=O)c1ccc(F)cc1. The molecule has 0 saturated heterocycles. The lowest BCUT2D eigenvalue weighted by atomic mass is 10.3. The summed E-state index contributed by atoms with van der Waals surface area (Å²) in [6, 6.07) is 5.87. The van der Waals surface area contributed by atoms with Crippen molar-refractivity contribution in [1.29, 1.82) is 0 Å². The molecule has 2 rings (SSSR count). The number of nitrogens with two attached hydrogens (primary N) is 1. The quantitative estimate of drug-likeness (QED) is 0.837. The molecule has 0 spiro atoms. The van der Waals surface area contributed by atoms with Gasteiger partial charge >= 0.3 is 0 Å². The van der Waals surface area contributed by atoms with Crippen molar-refractivity contribution in [2.24, 2.45) is 5.73 Å². The van der Waals surface area contributed by atoms with Crippen LogP contribution in [-0.2, 0) is 10.8 Å². The molecule has 82 valence electrons. The molecule has 15 heavy (non-hydrogen) atoms. The Balaban J connectivity index is 2.17. The minimum absolute atomic E-state index is 0.0240. The van der Waals surface area contributed by atoms with Crippen LogP contribution in [0.2, 0.25) is 0 Å². The van der Waals surface area contributed by atoms with Crippen molar-refractivity contribution in [2.45, 2.75) is 35.4 Å². The first-order valence-electron chi connectivity index (χ1n) is 5.10. The average molecular weight is 227 g/mol. The van der Waals surface area contributed by atoms with Crippen LogP contribution in [0, 0.1) is 5.82 Å². The van der Waals surface area contributed by atoms with Gasteiger partial charge in [0, 0.05) is 10.9 Å². The molecule has 3 atom stereocenters. The molecule has 3 unspecified atom stereocenters. The van der Waals surface area contributed by atoms with E-state index in [1.165, 1.54) is 12.1 Å². The molecule has 0 radical (unpaired) electrons. The number of rotatable bonds is 2. The zero-order valence-corrected chi connectivity index (χ0v) is 9.17. The molecule has 1 aliphatic carbocycles. The van der Waals surface area contributed by atoms with Crippen LogP contribution >= 0.6 is 0 Å². The molecule has 2 N–H and O–H groups in total. The van der Waals surface area contributed by atoms with Gasteiger partial charge in [0.2, 0.25) is 0 Å². The Hall–Kier alpha value is -0.740. The highest BCUT2D eigenvalue weighted by molar-refractivity contribution is 7.85. The van der Waals surface area contributed by atoms with Crippen LogP contribution in [0.1, 0.15) is 19.3 Å². The molecule has 0 aromatic heterocycles. The second-order valence-electron chi connectivity index (χ2n) is 3.88. The highest BCUT2D eigenvalue weighted by atomic mass is 32.2. The lowest BCUT2D eigenvalue weighted by molar-refractivity contribution is 0.625. The average Bonchev–Trinajstić information content (AvgIpc) is 2.65. The van der Waals surface area contributed by atoms with Crippen molar-refractivity contribution in [2.75, 3.05) is 0 Å².